The summed E-state index contributed by atoms with van der Waals surface area (Å²) in [6, 6.07) is 14.3. The summed E-state index contributed by atoms with van der Waals surface area (Å²) in [6.07, 6.45) is 0. The molecule has 0 saturated carbocycles. The Balaban J connectivity index is 1.42. The summed E-state index contributed by atoms with van der Waals surface area (Å²) < 4.78 is 5.82. The molecule has 3 aromatic rings. The highest BCUT2D eigenvalue weighted by molar-refractivity contribution is 5.83. The highest BCUT2D eigenvalue weighted by Crippen LogP contribution is 2.23. The van der Waals surface area contributed by atoms with Gasteiger partial charge >= 0.3 is 0 Å². The fraction of sp³-hybridized carbons (Fsp3) is 0.350. The van der Waals surface area contributed by atoms with Crippen LogP contribution in [-0.4, -0.2) is 47.0 Å². The van der Waals surface area contributed by atoms with Crippen molar-refractivity contribution in [3.05, 3.63) is 53.7 Å². The van der Waals surface area contributed by atoms with Gasteiger partial charge in [-0.1, -0.05) is 30.3 Å². The first-order chi connectivity index (χ1) is 12.6. The largest absolute Gasteiger partial charge is 0.422 e. The maximum absolute atomic E-state index is 12.8. The van der Waals surface area contributed by atoms with E-state index < -0.39 is 0 Å². The number of carbonyl (C=O) groups is 1. The van der Waals surface area contributed by atoms with Crippen LogP contribution in [0.1, 0.15) is 24.1 Å². The lowest BCUT2D eigenvalue weighted by Gasteiger charge is -2.35. The maximum atomic E-state index is 12.8. The van der Waals surface area contributed by atoms with Gasteiger partial charge in [0, 0.05) is 31.9 Å². The van der Waals surface area contributed by atoms with Gasteiger partial charge in [-0.3, -0.25) is 4.79 Å². The molecule has 6 nitrogen and oxygen atoms in total. The third-order valence-corrected chi connectivity index (χ3v) is 4.91. The summed E-state index contributed by atoms with van der Waals surface area (Å²) >= 11 is 0. The molecule has 0 spiro atoms. The number of nitrogens with zero attached hydrogens (tertiary/aromatic N) is 4. The Morgan fingerprint density at radius 2 is 1.77 bits per heavy atom. The van der Waals surface area contributed by atoms with E-state index in [1.54, 1.807) is 0 Å². The van der Waals surface area contributed by atoms with Crippen LogP contribution in [-0.2, 0) is 4.79 Å². The Morgan fingerprint density at radius 3 is 2.50 bits per heavy atom. The van der Waals surface area contributed by atoms with E-state index in [1.807, 2.05) is 61.2 Å². The van der Waals surface area contributed by atoms with Crippen molar-refractivity contribution in [2.75, 3.05) is 31.1 Å². The van der Waals surface area contributed by atoms with E-state index in [0.29, 0.717) is 43.4 Å². The number of benzene rings is 1. The summed E-state index contributed by atoms with van der Waals surface area (Å²) in [7, 11) is 0. The van der Waals surface area contributed by atoms with Crippen LogP contribution < -0.4 is 4.90 Å². The second kappa shape index (κ2) is 6.78. The number of rotatable bonds is 3. The van der Waals surface area contributed by atoms with Crippen LogP contribution in [0.2, 0.25) is 0 Å². The number of oxazole rings is 1. The Morgan fingerprint density at radius 1 is 1.04 bits per heavy atom. The standard InChI is InChI=1S/C20H22N4O2/c1-14-8-9-17-18(21-14)22-20(26-17)24-12-10-23(11-13-24)19(25)15(2)16-6-4-3-5-7-16/h3-9,15H,10-13H2,1-2H3. The highest BCUT2D eigenvalue weighted by Gasteiger charge is 2.27. The third-order valence-electron chi connectivity index (χ3n) is 4.91. The summed E-state index contributed by atoms with van der Waals surface area (Å²) in [5.41, 5.74) is 3.31. The molecule has 1 unspecified atom stereocenters. The number of hydrogen-bond donors (Lipinski definition) is 0. The molecule has 0 radical (unpaired) electrons. The van der Waals surface area contributed by atoms with Crippen molar-refractivity contribution < 1.29 is 9.21 Å². The molecule has 6 heteroatoms. The normalized spacial score (nSPS) is 16.1. The van der Waals surface area contributed by atoms with Crippen molar-refractivity contribution in [3.63, 3.8) is 0 Å². The quantitative estimate of drug-likeness (QED) is 0.727. The molecule has 0 aliphatic carbocycles. The van der Waals surface area contributed by atoms with E-state index in [0.717, 1.165) is 11.3 Å². The predicted molar refractivity (Wildman–Crippen MR) is 100 cm³/mol. The van der Waals surface area contributed by atoms with Gasteiger partial charge in [-0.15, -0.1) is 0 Å². The molecule has 1 fully saturated rings. The van der Waals surface area contributed by atoms with Crippen molar-refractivity contribution in [2.24, 2.45) is 0 Å². The molecular formula is C20H22N4O2. The molecule has 1 amide bonds. The van der Waals surface area contributed by atoms with Crippen LogP contribution in [0.4, 0.5) is 6.01 Å². The van der Waals surface area contributed by atoms with Crippen molar-refractivity contribution in [3.8, 4) is 0 Å². The van der Waals surface area contributed by atoms with Gasteiger partial charge in [-0.05, 0) is 31.5 Å². The van der Waals surface area contributed by atoms with Gasteiger partial charge in [0.25, 0.3) is 6.01 Å². The van der Waals surface area contributed by atoms with Gasteiger partial charge in [-0.25, -0.2) is 4.98 Å². The minimum Gasteiger partial charge on any atom is -0.422 e. The van der Waals surface area contributed by atoms with Gasteiger partial charge < -0.3 is 14.2 Å². The molecular weight excluding hydrogens is 328 g/mol. The fourth-order valence-corrected chi connectivity index (χ4v) is 3.31. The Kier molecular flexibility index (Phi) is 4.32. The number of carbonyl (C=O) groups excluding carboxylic acids is 1. The number of hydrogen-bond acceptors (Lipinski definition) is 5. The first-order valence-electron chi connectivity index (χ1n) is 8.94. The average molecular weight is 350 g/mol. The van der Waals surface area contributed by atoms with Crippen molar-refractivity contribution in [2.45, 2.75) is 19.8 Å². The molecule has 2 aromatic heterocycles. The summed E-state index contributed by atoms with van der Waals surface area (Å²) in [5.74, 6) is 0.0463. The van der Waals surface area contributed by atoms with Gasteiger partial charge in [0.15, 0.2) is 5.58 Å². The highest BCUT2D eigenvalue weighted by atomic mass is 16.4. The van der Waals surface area contributed by atoms with Crippen LogP contribution >= 0.6 is 0 Å². The van der Waals surface area contributed by atoms with Crippen molar-refractivity contribution in [1.29, 1.82) is 0 Å². The zero-order chi connectivity index (χ0) is 18.1. The number of aryl methyl sites for hydroxylation is 1. The second-order valence-corrected chi connectivity index (χ2v) is 6.72. The molecule has 0 N–H and O–H groups in total. The zero-order valence-electron chi connectivity index (χ0n) is 15.1. The lowest BCUT2D eigenvalue weighted by molar-refractivity contribution is -0.132. The van der Waals surface area contributed by atoms with Crippen LogP contribution in [0.5, 0.6) is 0 Å². The van der Waals surface area contributed by atoms with E-state index in [2.05, 4.69) is 14.9 Å². The lowest BCUT2D eigenvalue weighted by atomic mass is 9.99. The first kappa shape index (κ1) is 16.6. The van der Waals surface area contributed by atoms with Crippen LogP contribution in [0.3, 0.4) is 0 Å². The molecule has 3 heterocycles. The van der Waals surface area contributed by atoms with Gasteiger partial charge in [0.2, 0.25) is 11.6 Å². The second-order valence-electron chi connectivity index (χ2n) is 6.72. The molecule has 1 aliphatic rings. The Hall–Kier alpha value is -2.89. The first-order valence-corrected chi connectivity index (χ1v) is 8.94. The minimum absolute atomic E-state index is 0.126. The minimum atomic E-state index is -0.126. The smallest absolute Gasteiger partial charge is 0.300 e. The third kappa shape index (κ3) is 3.14. The average Bonchev–Trinajstić information content (AvgIpc) is 3.11. The summed E-state index contributed by atoms with van der Waals surface area (Å²) in [6.45, 7) is 6.66. The SMILES string of the molecule is Cc1ccc2oc(N3CCN(C(=O)C(C)c4ccccc4)CC3)nc2n1. The monoisotopic (exact) mass is 350 g/mol. The molecule has 1 atom stereocenters. The van der Waals surface area contributed by atoms with Gasteiger partial charge in [0.05, 0.1) is 5.92 Å². The maximum Gasteiger partial charge on any atom is 0.300 e. The van der Waals surface area contributed by atoms with E-state index >= 15 is 0 Å². The number of amides is 1. The predicted octanol–water partition coefficient (Wildman–Crippen LogP) is 2.98. The topological polar surface area (TPSA) is 62.5 Å². The van der Waals surface area contributed by atoms with Crippen LogP contribution in [0.25, 0.3) is 11.2 Å². The van der Waals surface area contributed by atoms with Crippen LogP contribution in [0.15, 0.2) is 46.9 Å². The number of aromatic nitrogens is 2. The van der Waals surface area contributed by atoms with Gasteiger partial charge in [-0.2, -0.15) is 4.98 Å². The Bertz CT molecular complexity index is 914. The molecule has 26 heavy (non-hydrogen) atoms. The summed E-state index contributed by atoms with van der Waals surface area (Å²) in [5, 5.41) is 0. The van der Waals surface area contributed by atoms with E-state index in [9.17, 15) is 4.79 Å². The Labute approximate surface area is 152 Å². The van der Waals surface area contributed by atoms with Gasteiger partial charge in [0.1, 0.15) is 0 Å². The molecule has 4 rings (SSSR count). The van der Waals surface area contributed by atoms with Crippen molar-refractivity contribution in [1.82, 2.24) is 14.9 Å². The number of fused-ring (bicyclic) bond motifs is 1. The lowest BCUT2D eigenvalue weighted by Crippen LogP contribution is -2.50. The molecule has 134 valence electrons. The number of anilines is 1. The summed E-state index contributed by atoms with van der Waals surface area (Å²) in [4.78, 5) is 25.7. The molecule has 0 bridgehead atoms. The van der Waals surface area contributed by atoms with E-state index in [4.69, 9.17) is 4.42 Å². The van der Waals surface area contributed by atoms with E-state index in [-0.39, 0.29) is 11.8 Å². The fourth-order valence-electron chi connectivity index (χ4n) is 3.31. The number of pyridine rings is 1. The van der Waals surface area contributed by atoms with Crippen LogP contribution in [0, 0.1) is 6.92 Å². The van der Waals surface area contributed by atoms with E-state index in [1.165, 1.54) is 0 Å². The molecule has 1 aliphatic heterocycles. The zero-order valence-corrected chi connectivity index (χ0v) is 15.1. The van der Waals surface area contributed by atoms with Crippen molar-refractivity contribution >= 4 is 23.2 Å². The molecule has 1 aromatic carbocycles. The number of piperazine rings is 1. The molecule has 1 saturated heterocycles.